The van der Waals surface area contributed by atoms with Crippen LogP contribution in [0, 0.1) is 13.8 Å². The van der Waals surface area contributed by atoms with Gasteiger partial charge in [0, 0.05) is 18.7 Å². The highest BCUT2D eigenvalue weighted by Crippen LogP contribution is 2.21. The smallest absolute Gasteiger partial charge is 0.410 e. The van der Waals surface area contributed by atoms with Crippen LogP contribution in [0.1, 0.15) is 49.2 Å². The predicted molar refractivity (Wildman–Crippen MR) is 105 cm³/mol. The molecule has 1 atom stereocenters. The van der Waals surface area contributed by atoms with Crippen molar-refractivity contribution in [2.24, 2.45) is 0 Å². The summed E-state index contributed by atoms with van der Waals surface area (Å²) in [6.07, 6.45) is -0.499. The van der Waals surface area contributed by atoms with Crippen LogP contribution in [0.2, 0.25) is 0 Å². The van der Waals surface area contributed by atoms with E-state index in [-0.39, 0.29) is 25.6 Å². The number of aryl methyl sites for hydroxylation is 1. The highest BCUT2D eigenvalue weighted by molar-refractivity contribution is 5.98. The van der Waals surface area contributed by atoms with Crippen LogP contribution in [0.25, 0.3) is 0 Å². The molecular weight excluding hydrogens is 360 g/mol. The van der Waals surface area contributed by atoms with E-state index in [0.717, 1.165) is 11.1 Å². The summed E-state index contributed by atoms with van der Waals surface area (Å²) < 4.78 is 10.6. The van der Waals surface area contributed by atoms with Crippen molar-refractivity contribution < 1.29 is 23.9 Å². The fourth-order valence-electron chi connectivity index (χ4n) is 3.10. The predicted octanol–water partition coefficient (Wildman–Crippen LogP) is 2.93. The topological polar surface area (TPSA) is 76.2 Å². The maximum atomic E-state index is 13.2. The first-order valence-electron chi connectivity index (χ1n) is 9.57. The lowest BCUT2D eigenvalue weighted by Crippen LogP contribution is -2.60. The Morgan fingerprint density at radius 1 is 1.14 bits per heavy atom. The number of benzene rings is 1. The minimum atomic E-state index is -0.867. The summed E-state index contributed by atoms with van der Waals surface area (Å²) in [7, 11) is 0. The first kappa shape index (κ1) is 21.7. The van der Waals surface area contributed by atoms with E-state index in [9.17, 15) is 14.4 Å². The fraction of sp³-hybridized carbons (Fsp3) is 0.571. The second-order valence-electron chi connectivity index (χ2n) is 7.94. The van der Waals surface area contributed by atoms with E-state index in [1.165, 1.54) is 9.80 Å². The van der Waals surface area contributed by atoms with Gasteiger partial charge in [-0.15, -0.1) is 0 Å². The molecule has 0 unspecified atom stereocenters. The first-order valence-corrected chi connectivity index (χ1v) is 9.57. The van der Waals surface area contributed by atoms with Crippen molar-refractivity contribution in [2.45, 2.75) is 53.2 Å². The maximum Gasteiger partial charge on any atom is 0.410 e. The van der Waals surface area contributed by atoms with Crippen molar-refractivity contribution in [3.8, 4) is 0 Å². The molecule has 1 aromatic carbocycles. The van der Waals surface area contributed by atoms with Gasteiger partial charge in [0.2, 0.25) is 0 Å². The minimum Gasteiger partial charge on any atom is -0.464 e. The van der Waals surface area contributed by atoms with Crippen LogP contribution in [-0.2, 0) is 14.3 Å². The number of hydrogen-bond acceptors (Lipinski definition) is 5. The van der Waals surface area contributed by atoms with Gasteiger partial charge < -0.3 is 19.3 Å². The standard InChI is InChI=1S/C21H30N2O5/c1-7-27-19(25)17-13-22(20(26)28-21(4,5)6)11-12-23(17)18(24)16-10-8-9-14(2)15(16)3/h8-10,17H,7,11-13H2,1-6H3/t17-/m1/s1. The average Bonchev–Trinajstić information content (AvgIpc) is 2.61. The average molecular weight is 390 g/mol. The van der Waals surface area contributed by atoms with Crippen LogP contribution in [0.5, 0.6) is 0 Å². The van der Waals surface area contributed by atoms with Gasteiger partial charge in [-0.05, 0) is 58.7 Å². The molecule has 0 saturated carbocycles. The highest BCUT2D eigenvalue weighted by atomic mass is 16.6. The summed E-state index contributed by atoms with van der Waals surface area (Å²) >= 11 is 0. The second kappa shape index (κ2) is 8.63. The molecule has 0 radical (unpaired) electrons. The number of carbonyl (C=O) groups excluding carboxylic acids is 3. The van der Waals surface area contributed by atoms with Gasteiger partial charge >= 0.3 is 12.1 Å². The maximum absolute atomic E-state index is 13.2. The molecule has 7 heteroatoms. The molecular formula is C21H30N2O5. The number of esters is 1. The SMILES string of the molecule is CCOC(=O)[C@H]1CN(C(=O)OC(C)(C)C)CCN1C(=O)c1cccc(C)c1C. The summed E-state index contributed by atoms with van der Waals surface area (Å²) in [6.45, 7) is 11.7. The normalized spacial score (nSPS) is 17.3. The lowest BCUT2D eigenvalue weighted by atomic mass is 10.0. The quantitative estimate of drug-likeness (QED) is 0.742. The van der Waals surface area contributed by atoms with Gasteiger partial charge in [0.15, 0.2) is 0 Å². The second-order valence-corrected chi connectivity index (χ2v) is 7.94. The molecule has 1 aliphatic heterocycles. The van der Waals surface area contributed by atoms with Crippen molar-refractivity contribution in [1.82, 2.24) is 9.80 Å². The molecule has 1 heterocycles. The molecule has 1 aliphatic rings. The molecule has 7 nitrogen and oxygen atoms in total. The van der Waals surface area contributed by atoms with Gasteiger partial charge in [-0.1, -0.05) is 12.1 Å². The van der Waals surface area contributed by atoms with Crippen molar-refractivity contribution in [3.05, 3.63) is 34.9 Å². The highest BCUT2D eigenvalue weighted by Gasteiger charge is 2.39. The first-order chi connectivity index (χ1) is 13.0. The summed E-state index contributed by atoms with van der Waals surface area (Å²) in [4.78, 5) is 41.1. The molecule has 1 saturated heterocycles. The van der Waals surface area contributed by atoms with E-state index >= 15 is 0 Å². The molecule has 1 fully saturated rings. The number of rotatable bonds is 3. The molecule has 2 rings (SSSR count). The van der Waals surface area contributed by atoms with E-state index in [1.807, 2.05) is 26.0 Å². The largest absolute Gasteiger partial charge is 0.464 e. The van der Waals surface area contributed by atoms with Crippen molar-refractivity contribution in [1.29, 1.82) is 0 Å². The molecule has 0 aliphatic carbocycles. The lowest BCUT2D eigenvalue weighted by Gasteiger charge is -2.40. The van der Waals surface area contributed by atoms with Gasteiger partial charge in [-0.2, -0.15) is 0 Å². The molecule has 0 N–H and O–H groups in total. The van der Waals surface area contributed by atoms with Crippen molar-refractivity contribution in [3.63, 3.8) is 0 Å². The van der Waals surface area contributed by atoms with E-state index in [2.05, 4.69) is 0 Å². The van der Waals surface area contributed by atoms with E-state index in [1.54, 1.807) is 33.8 Å². The Labute approximate surface area is 166 Å². The fourth-order valence-corrected chi connectivity index (χ4v) is 3.10. The Balaban J connectivity index is 2.26. The Hall–Kier alpha value is -2.57. The summed E-state index contributed by atoms with van der Waals surface area (Å²) in [5.74, 6) is -0.752. The number of hydrogen-bond donors (Lipinski definition) is 0. The van der Waals surface area contributed by atoms with E-state index in [4.69, 9.17) is 9.47 Å². The minimum absolute atomic E-state index is 0.0460. The zero-order chi connectivity index (χ0) is 21.1. The number of ether oxygens (including phenoxy) is 2. The third-order valence-corrected chi connectivity index (χ3v) is 4.69. The Morgan fingerprint density at radius 2 is 1.82 bits per heavy atom. The summed E-state index contributed by atoms with van der Waals surface area (Å²) in [5.41, 5.74) is 1.80. The monoisotopic (exact) mass is 390 g/mol. The van der Waals surface area contributed by atoms with Crippen LogP contribution in [0.4, 0.5) is 4.79 Å². The number of nitrogens with zero attached hydrogens (tertiary/aromatic N) is 2. The third-order valence-electron chi connectivity index (χ3n) is 4.69. The Morgan fingerprint density at radius 3 is 2.43 bits per heavy atom. The van der Waals surface area contributed by atoms with Crippen LogP contribution in [-0.4, -0.2) is 65.7 Å². The molecule has 0 spiro atoms. The zero-order valence-corrected chi connectivity index (χ0v) is 17.6. The molecule has 1 aromatic rings. The molecule has 0 bridgehead atoms. The number of carbonyl (C=O) groups is 3. The summed E-state index contributed by atoms with van der Waals surface area (Å²) in [5, 5.41) is 0. The van der Waals surface area contributed by atoms with E-state index < -0.39 is 23.7 Å². The molecule has 2 amide bonds. The van der Waals surface area contributed by atoms with Crippen LogP contribution < -0.4 is 0 Å². The number of piperazine rings is 1. The summed E-state index contributed by atoms with van der Waals surface area (Å²) in [6, 6.07) is 4.66. The van der Waals surface area contributed by atoms with Crippen LogP contribution >= 0.6 is 0 Å². The zero-order valence-electron chi connectivity index (χ0n) is 17.6. The van der Waals surface area contributed by atoms with Crippen molar-refractivity contribution >= 4 is 18.0 Å². The number of amides is 2. The van der Waals surface area contributed by atoms with Crippen LogP contribution in [0.3, 0.4) is 0 Å². The van der Waals surface area contributed by atoms with Crippen LogP contribution in [0.15, 0.2) is 18.2 Å². The van der Waals surface area contributed by atoms with Gasteiger partial charge in [0.1, 0.15) is 11.6 Å². The van der Waals surface area contributed by atoms with Gasteiger partial charge in [-0.3, -0.25) is 4.79 Å². The van der Waals surface area contributed by atoms with Gasteiger partial charge in [0.25, 0.3) is 5.91 Å². The van der Waals surface area contributed by atoms with Gasteiger partial charge in [0.05, 0.1) is 13.2 Å². The van der Waals surface area contributed by atoms with Crippen molar-refractivity contribution in [2.75, 3.05) is 26.2 Å². The molecule has 28 heavy (non-hydrogen) atoms. The van der Waals surface area contributed by atoms with Gasteiger partial charge in [-0.25, -0.2) is 9.59 Å². The third kappa shape index (κ3) is 5.03. The molecule has 154 valence electrons. The lowest BCUT2D eigenvalue weighted by molar-refractivity contribution is -0.150. The molecule has 0 aromatic heterocycles. The Bertz CT molecular complexity index is 754. The van der Waals surface area contributed by atoms with E-state index in [0.29, 0.717) is 12.1 Å². The Kier molecular flexibility index (Phi) is 6.69.